The predicted molar refractivity (Wildman–Crippen MR) is 165 cm³/mol. The van der Waals surface area contributed by atoms with Crippen LogP contribution in [0.1, 0.15) is 56.4 Å². The minimum atomic E-state index is -4.58. The largest absolute Gasteiger partial charge is 0.496 e. The Bertz CT molecular complexity index is 1460. The summed E-state index contributed by atoms with van der Waals surface area (Å²) in [4.78, 5) is 13.9. The average Bonchev–Trinajstić information content (AvgIpc) is 3.53. The number of methoxy groups -OCH3 is 1. The molecule has 44 heavy (non-hydrogen) atoms. The highest BCUT2D eigenvalue weighted by atomic mass is 19.4. The molecule has 10 heteroatoms. The summed E-state index contributed by atoms with van der Waals surface area (Å²) in [5.74, 6) is 0.671. The van der Waals surface area contributed by atoms with Gasteiger partial charge in [0.05, 0.1) is 25.1 Å². The van der Waals surface area contributed by atoms with Crippen LogP contribution in [0.2, 0.25) is 0 Å². The molecule has 1 aromatic carbocycles. The summed E-state index contributed by atoms with van der Waals surface area (Å²) < 4.78 is 54.0. The van der Waals surface area contributed by atoms with Crippen LogP contribution >= 0.6 is 0 Å². The Labute approximate surface area is 257 Å². The number of pyridine rings is 2. The summed E-state index contributed by atoms with van der Waals surface area (Å²) in [5.41, 5.74) is 3.09. The van der Waals surface area contributed by atoms with Crippen molar-refractivity contribution >= 4 is 5.82 Å². The van der Waals surface area contributed by atoms with E-state index in [0.29, 0.717) is 32.2 Å². The topological polar surface area (TPSA) is 62.8 Å². The summed E-state index contributed by atoms with van der Waals surface area (Å²) in [7, 11) is 1.27. The highest BCUT2D eigenvalue weighted by Crippen LogP contribution is 2.49. The van der Waals surface area contributed by atoms with Gasteiger partial charge in [-0.15, -0.1) is 0 Å². The second-order valence-corrected chi connectivity index (χ2v) is 12.2. The molecule has 0 unspecified atom stereocenters. The van der Waals surface area contributed by atoms with Gasteiger partial charge in [0, 0.05) is 55.9 Å². The molecule has 2 fully saturated rings. The lowest BCUT2D eigenvalue weighted by Crippen LogP contribution is -2.58. The lowest BCUT2D eigenvalue weighted by molar-refractivity contribution is -0.138. The Balaban J connectivity index is 1.39. The van der Waals surface area contributed by atoms with Crippen LogP contribution < -0.4 is 19.7 Å². The van der Waals surface area contributed by atoms with Crippen LogP contribution in [0, 0.1) is 5.92 Å². The highest BCUT2D eigenvalue weighted by Gasteiger charge is 2.50. The van der Waals surface area contributed by atoms with Gasteiger partial charge in [0.25, 0.3) is 0 Å². The maximum absolute atomic E-state index is 14.3. The highest BCUT2D eigenvalue weighted by molar-refractivity contribution is 5.68. The van der Waals surface area contributed by atoms with Crippen LogP contribution in [0.15, 0.2) is 48.7 Å². The summed E-state index contributed by atoms with van der Waals surface area (Å²) in [6.07, 6.45) is 0.696. The third-order valence-electron chi connectivity index (χ3n) is 9.73. The fraction of sp³-hybridized carbons (Fsp3) is 0.529. The van der Waals surface area contributed by atoms with Crippen LogP contribution in [0.5, 0.6) is 11.5 Å². The molecule has 0 radical (unpaired) electrons. The van der Waals surface area contributed by atoms with E-state index in [1.807, 2.05) is 36.1 Å². The molecule has 3 aliphatic rings. The molecule has 3 atom stereocenters. The normalized spacial score (nSPS) is 24.0. The Hall–Kier alpha value is -3.37. The van der Waals surface area contributed by atoms with E-state index in [9.17, 15) is 13.2 Å². The quantitative estimate of drug-likeness (QED) is 0.321. The lowest BCUT2D eigenvalue weighted by Gasteiger charge is -2.53. The zero-order chi connectivity index (χ0) is 30.9. The zero-order valence-corrected chi connectivity index (χ0v) is 25.8. The number of hydrogen-bond donors (Lipinski definition) is 1. The van der Waals surface area contributed by atoms with E-state index in [2.05, 4.69) is 34.3 Å². The third-order valence-corrected chi connectivity index (χ3v) is 9.73. The third kappa shape index (κ3) is 5.74. The van der Waals surface area contributed by atoms with Gasteiger partial charge in [-0.05, 0) is 68.5 Å². The second kappa shape index (κ2) is 12.6. The number of halogens is 3. The summed E-state index contributed by atoms with van der Waals surface area (Å²) in [5, 5.41) is 3.65. The van der Waals surface area contributed by atoms with Crippen molar-refractivity contribution in [3.63, 3.8) is 0 Å². The molecule has 1 spiro atoms. The van der Waals surface area contributed by atoms with Gasteiger partial charge in [-0.1, -0.05) is 31.5 Å². The Kier molecular flexibility index (Phi) is 8.75. The number of alkyl halides is 3. The molecule has 3 aromatic rings. The predicted octanol–water partition coefficient (Wildman–Crippen LogP) is 6.31. The number of para-hydroxylation sites is 1. The van der Waals surface area contributed by atoms with Gasteiger partial charge in [0.2, 0.25) is 0 Å². The van der Waals surface area contributed by atoms with E-state index < -0.39 is 11.7 Å². The molecule has 3 aliphatic heterocycles. The lowest BCUT2D eigenvalue weighted by atomic mass is 9.62. The fourth-order valence-electron chi connectivity index (χ4n) is 7.75. The minimum absolute atomic E-state index is 0.0470. The Morgan fingerprint density at radius 1 is 1.09 bits per heavy atom. The first kappa shape index (κ1) is 30.6. The van der Waals surface area contributed by atoms with Crippen molar-refractivity contribution in [2.45, 2.75) is 63.7 Å². The number of piperidine rings is 1. The smallest absolute Gasteiger partial charge is 0.423 e. The maximum atomic E-state index is 14.3. The number of aromatic nitrogens is 2. The molecular weight excluding hydrogens is 567 g/mol. The number of rotatable bonds is 8. The second-order valence-electron chi connectivity index (χ2n) is 12.2. The van der Waals surface area contributed by atoms with E-state index in [0.717, 1.165) is 61.7 Å². The van der Waals surface area contributed by atoms with Gasteiger partial charge < -0.3 is 19.7 Å². The van der Waals surface area contributed by atoms with E-state index in [1.165, 1.54) is 31.4 Å². The SMILES string of the molecule is CCOc1ccccc1-c1ccc2c(n1)CN(C[C@H]1CCCN1)C[C@]21CCN(c2nccc(OC)c2C(F)(F)F)C[C@H]1CC. The number of hydrogen-bond acceptors (Lipinski definition) is 7. The number of nitrogens with zero attached hydrogens (tertiary/aromatic N) is 4. The standard InChI is InChI=1S/C34H42F3N5O2/c1-4-23-19-42(32-31(34(35,36)37)30(43-3)14-17-39-32)18-15-33(23)22-41(20-24-9-8-16-38-24)21-28-26(33)12-13-27(40-28)25-10-6-7-11-29(25)44-5-2/h6-7,10-14,17,23-24,38H,4-5,8-9,15-16,18-22H2,1-3H3/t23-,24-,33+/m1/s1. The molecule has 2 saturated heterocycles. The number of fused-ring (bicyclic) bond motifs is 2. The van der Waals surface area contributed by atoms with Gasteiger partial charge in [-0.25, -0.2) is 4.98 Å². The molecule has 1 N–H and O–H groups in total. The van der Waals surface area contributed by atoms with E-state index in [4.69, 9.17) is 14.5 Å². The van der Waals surface area contributed by atoms with Crippen molar-refractivity contribution in [2.24, 2.45) is 5.92 Å². The monoisotopic (exact) mass is 609 g/mol. The van der Waals surface area contributed by atoms with Crippen molar-refractivity contribution in [1.82, 2.24) is 20.2 Å². The molecule has 0 bridgehead atoms. The van der Waals surface area contributed by atoms with Crippen molar-refractivity contribution in [3.05, 3.63) is 65.5 Å². The molecule has 0 amide bonds. The number of ether oxygens (including phenoxy) is 2. The number of benzene rings is 1. The molecule has 0 aliphatic carbocycles. The number of anilines is 1. The molecule has 236 valence electrons. The first-order valence-corrected chi connectivity index (χ1v) is 15.8. The van der Waals surface area contributed by atoms with E-state index in [-0.39, 0.29) is 22.9 Å². The summed E-state index contributed by atoms with van der Waals surface area (Å²) in [6.45, 7) is 9.21. The van der Waals surface area contributed by atoms with Gasteiger partial charge >= 0.3 is 6.18 Å². The fourth-order valence-corrected chi connectivity index (χ4v) is 7.75. The van der Waals surface area contributed by atoms with Crippen LogP contribution in [0.4, 0.5) is 19.0 Å². The molecule has 2 aromatic heterocycles. The number of nitrogens with one attached hydrogen (secondary N) is 1. The molecule has 7 nitrogen and oxygen atoms in total. The summed E-state index contributed by atoms with van der Waals surface area (Å²) >= 11 is 0. The van der Waals surface area contributed by atoms with Crippen molar-refractivity contribution in [3.8, 4) is 22.8 Å². The maximum Gasteiger partial charge on any atom is 0.423 e. The molecule has 5 heterocycles. The van der Waals surface area contributed by atoms with Gasteiger partial charge in [-0.2, -0.15) is 13.2 Å². The molecule has 6 rings (SSSR count). The Morgan fingerprint density at radius 3 is 2.66 bits per heavy atom. The van der Waals surface area contributed by atoms with Crippen molar-refractivity contribution in [2.75, 3.05) is 51.3 Å². The first-order chi connectivity index (χ1) is 21.3. The van der Waals surface area contributed by atoms with Crippen LogP contribution in [-0.4, -0.2) is 67.4 Å². The van der Waals surface area contributed by atoms with E-state index >= 15 is 0 Å². The Morgan fingerprint density at radius 2 is 1.93 bits per heavy atom. The average molecular weight is 610 g/mol. The summed E-state index contributed by atoms with van der Waals surface area (Å²) in [6, 6.07) is 14.0. The van der Waals surface area contributed by atoms with Crippen molar-refractivity contribution in [1.29, 1.82) is 0 Å². The molecule has 0 saturated carbocycles. The zero-order valence-electron chi connectivity index (χ0n) is 25.8. The van der Waals surface area contributed by atoms with Crippen LogP contribution in [-0.2, 0) is 18.1 Å². The van der Waals surface area contributed by atoms with Crippen LogP contribution in [0.3, 0.4) is 0 Å². The first-order valence-electron chi connectivity index (χ1n) is 15.8. The van der Waals surface area contributed by atoms with E-state index in [1.54, 1.807) is 0 Å². The van der Waals surface area contributed by atoms with Gasteiger partial charge in [0.15, 0.2) is 0 Å². The van der Waals surface area contributed by atoms with Crippen molar-refractivity contribution < 1.29 is 22.6 Å². The van der Waals surface area contributed by atoms with Gasteiger partial charge in [0.1, 0.15) is 22.9 Å². The minimum Gasteiger partial charge on any atom is -0.496 e. The molecular formula is C34H42F3N5O2. The van der Waals surface area contributed by atoms with Gasteiger partial charge in [-0.3, -0.25) is 9.88 Å². The van der Waals surface area contributed by atoms with Crippen LogP contribution in [0.25, 0.3) is 11.3 Å².